The third-order valence-corrected chi connectivity index (χ3v) is 11.8. The fourth-order valence-electron chi connectivity index (χ4n) is 9.37. The van der Waals surface area contributed by atoms with Gasteiger partial charge in [0, 0.05) is 11.8 Å². The van der Waals surface area contributed by atoms with Crippen molar-refractivity contribution in [2.75, 3.05) is 5.75 Å². The summed E-state index contributed by atoms with van der Waals surface area (Å²) in [7, 11) is -3.92. The van der Waals surface area contributed by atoms with Crippen molar-refractivity contribution in [3.8, 4) is 0 Å². The molecular weight excluding hydrogens is 408 g/mol. The minimum atomic E-state index is -3.92. The van der Waals surface area contributed by atoms with E-state index in [2.05, 4.69) is 34.6 Å². The zero-order chi connectivity index (χ0) is 22.8. The van der Waals surface area contributed by atoms with Crippen LogP contribution in [-0.2, 0) is 14.9 Å². The molecule has 4 saturated carbocycles. The molecule has 4 aliphatic rings. The van der Waals surface area contributed by atoms with Crippen molar-refractivity contribution in [1.29, 1.82) is 0 Å². The monoisotopic (exact) mass is 452 g/mol. The van der Waals surface area contributed by atoms with Crippen LogP contribution in [0.25, 0.3) is 0 Å². The standard InChI is InChI=1S/C26H44O4S/c1-6-18-22-15-16(2)9-12-26(22,5)21-10-13-25(4)19(17(3)11-14-31(28,29)30)7-8-20(25)23(21)24(18)27/h16-23H,6-15H2,1-5H3,(H,28,29,30)/t16-,17-,18-,19?,20?,21?,22+,23?,25-,26-/m1/s1. The van der Waals surface area contributed by atoms with Crippen LogP contribution in [0.2, 0.25) is 0 Å². The first-order valence-corrected chi connectivity index (χ1v) is 14.5. The summed E-state index contributed by atoms with van der Waals surface area (Å²) in [5.74, 6) is 3.85. The Bertz CT molecular complexity index is 806. The number of carbonyl (C=O) groups is 1. The van der Waals surface area contributed by atoms with Crippen molar-refractivity contribution in [3.05, 3.63) is 0 Å². The first kappa shape index (κ1) is 23.7. The van der Waals surface area contributed by atoms with Crippen molar-refractivity contribution in [2.24, 2.45) is 58.2 Å². The Balaban J connectivity index is 1.61. The molecule has 0 aromatic carbocycles. The maximum absolute atomic E-state index is 14.0. The fourth-order valence-corrected chi connectivity index (χ4v) is 10.0. The highest BCUT2D eigenvalue weighted by molar-refractivity contribution is 7.85. The molecule has 0 bridgehead atoms. The van der Waals surface area contributed by atoms with Crippen molar-refractivity contribution in [1.82, 2.24) is 0 Å². The lowest BCUT2D eigenvalue weighted by Gasteiger charge is -2.62. The van der Waals surface area contributed by atoms with Gasteiger partial charge in [-0.25, -0.2) is 0 Å². The van der Waals surface area contributed by atoms with Gasteiger partial charge in [-0.2, -0.15) is 8.42 Å². The first-order chi connectivity index (χ1) is 14.4. The van der Waals surface area contributed by atoms with E-state index in [-0.39, 0.29) is 28.9 Å². The van der Waals surface area contributed by atoms with E-state index >= 15 is 0 Å². The van der Waals surface area contributed by atoms with E-state index in [0.29, 0.717) is 41.3 Å². The topological polar surface area (TPSA) is 71.4 Å². The van der Waals surface area contributed by atoms with Gasteiger partial charge < -0.3 is 0 Å². The summed E-state index contributed by atoms with van der Waals surface area (Å²) in [6, 6.07) is 0. The highest BCUT2D eigenvalue weighted by Crippen LogP contribution is 2.69. The number of Topliss-reactive ketones (excluding diaryl/α,β-unsaturated/α-hetero) is 1. The van der Waals surface area contributed by atoms with Crippen LogP contribution >= 0.6 is 0 Å². The van der Waals surface area contributed by atoms with Crippen LogP contribution in [0.4, 0.5) is 0 Å². The van der Waals surface area contributed by atoms with Gasteiger partial charge in [-0.15, -0.1) is 0 Å². The van der Waals surface area contributed by atoms with Crippen LogP contribution in [0.1, 0.15) is 92.4 Å². The molecule has 10 atom stereocenters. The molecule has 4 rings (SSSR count). The molecule has 0 heterocycles. The largest absolute Gasteiger partial charge is 0.299 e. The maximum Gasteiger partial charge on any atom is 0.264 e. The molecular formula is C26H44O4S. The Labute approximate surface area is 190 Å². The van der Waals surface area contributed by atoms with Crippen LogP contribution in [0.3, 0.4) is 0 Å². The van der Waals surface area contributed by atoms with Crippen LogP contribution in [-0.4, -0.2) is 24.5 Å². The molecule has 31 heavy (non-hydrogen) atoms. The van der Waals surface area contributed by atoms with Gasteiger partial charge in [0.2, 0.25) is 0 Å². The number of carbonyl (C=O) groups excluding carboxylic acids is 1. The zero-order valence-electron chi connectivity index (χ0n) is 20.3. The lowest BCUT2D eigenvalue weighted by atomic mass is 9.41. The molecule has 4 aliphatic carbocycles. The highest BCUT2D eigenvalue weighted by Gasteiger charge is 2.64. The van der Waals surface area contributed by atoms with Crippen LogP contribution < -0.4 is 0 Å². The first-order valence-electron chi connectivity index (χ1n) is 12.9. The van der Waals surface area contributed by atoms with Crippen molar-refractivity contribution in [2.45, 2.75) is 92.4 Å². The summed E-state index contributed by atoms with van der Waals surface area (Å²) in [6.45, 7) is 11.7. The van der Waals surface area contributed by atoms with Gasteiger partial charge in [0.25, 0.3) is 10.1 Å². The molecule has 0 radical (unpaired) electrons. The van der Waals surface area contributed by atoms with E-state index in [1.165, 1.54) is 25.7 Å². The summed E-state index contributed by atoms with van der Waals surface area (Å²) >= 11 is 0. The number of hydrogen-bond acceptors (Lipinski definition) is 3. The van der Waals surface area contributed by atoms with Gasteiger partial charge in [-0.05, 0) is 97.7 Å². The molecule has 178 valence electrons. The summed E-state index contributed by atoms with van der Waals surface area (Å²) < 4.78 is 31.9. The molecule has 4 unspecified atom stereocenters. The average molecular weight is 453 g/mol. The van der Waals surface area contributed by atoms with Gasteiger partial charge in [-0.1, -0.05) is 41.0 Å². The van der Waals surface area contributed by atoms with E-state index in [0.717, 1.165) is 31.6 Å². The second-order valence-electron chi connectivity index (χ2n) is 12.4. The normalized spacial score (nSPS) is 48.6. The summed E-state index contributed by atoms with van der Waals surface area (Å²) in [5, 5.41) is 0. The van der Waals surface area contributed by atoms with Crippen LogP contribution in [0.15, 0.2) is 0 Å². The Morgan fingerprint density at radius 3 is 2.32 bits per heavy atom. The predicted octanol–water partition coefficient (Wildman–Crippen LogP) is 6.01. The molecule has 0 aromatic heterocycles. The molecule has 0 aromatic rings. The molecule has 0 saturated heterocycles. The Morgan fingerprint density at radius 1 is 1.03 bits per heavy atom. The van der Waals surface area contributed by atoms with Gasteiger partial charge >= 0.3 is 0 Å². The van der Waals surface area contributed by atoms with Crippen molar-refractivity contribution >= 4 is 15.9 Å². The highest BCUT2D eigenvalue weighted by atomic mass is 32.2. The second kappa shape index (κ2) is 8.11. The van der Waals surface area contributed by atoms with Crippen LogP contribution in [0.5, 0.6) is 0 Å². The minimum Gasteiger partial charge on any atom is -0.299 e. The van der Waals surface area contributed by atoms with Gasteiger partial charge in [-0.3, -0.25) is 9.35 Å². The molecule has 0 spiro atoms. The van der Waals surface area contributed by atoms with E-state index in [4.69, 9.17) is 0 Å². The van der Waals surface area contributed by atoms with E-state index in [9.17, 15) is 17.8 Å². The van der Waals surface area contributed by atoms with Crippen molar-refractivity contribution in [3.63, 3.8) is 0 Å². The molecule has 4 fully saturated rings. The van der Waals surface area contributed by atoms with E-state index in [1.807, 2.05) is 0 Å². The Morgan fingerprint density at radius 2 is 1.68 bits per heavy atom. The molecule has 4 nitrogen and oxygen atoms in total. The van der Waals surface area contributed by atoms with E-state index < -0.39 is 10.1 Å². The SMILES string of the molecule is CC[C@H]1C(=O)C2C3CCC([C@H](C)CCS(=O)(=O)O)[C@@]3(C)CCC2[C@@]2(C)CC[C@@H](C)C[C@@H]12. The third-order valence-electron chi connectivity index (χ3n) is 11.0. The molecule has 5 heteroatoms. The number of ketones is 1. The Kier molecular flexibility index (Phi) is 6.21. The third kappa shape index (κ3) is 3.84. The predicted molar refractivity (Wildman–Crippen MR) is 124 cm³/mol. The van der Waals surface area contributed by atoms with Gasteiger partial charge in [0.05, 0.1) is 5.75 Å². The minimum absolute atomic E-state index is 0.124. The fraction of sp³-hybridized carbons (Fsp3) is 0.962. The maximum atomic E-state index is 14.0. The zero-order valence-corrected chi connectivity index (χ0v) is 21.1. The second-order valence-corrected chi connectivity index (χ2v) is 14.0. The van der Waals surface area contributed by atoms with E-state index in [1.54, 1.807) is 0 Å². The quantitative estimate of drug-likeness (QED) is 0.518. The molecule has 0 amide bonds. The number of hydrogen-bond donors (Lipinski definition) is 1. The van der Waals surface area contributed by atoms with Crippen molar-refractivity contribution < 1.29 is 17.8 Å². The lowest BCUT2D eigenvalue weighted by molar-refractivity contribution is -0.170. The number of rotatable bonds is 5. The van der Waals surface area contributed by atoms with Gasteiger partial charge in [0.1, 0.15) is 5.78 Å². The summed E-state index contributed by atoms with van der Waals surface area (Å²) in [4.78, 5) is 14.0. The van der Waals surface area contributed by atoms with Crippen LogP contribution in [0, 0.1) is 58.2 Å². The lowest BCUT2D eigenvalue weighted by Crippen LogP contribution is -2.60. The van der Waals surface area contributed by atoms with Gasteiger partial charge in [0.15, 0.2) is 0 Å². The summed E-state index contributed by atoms with van der Waals surface area (Å²) in [6.07, 6.45) is 9.83. The Hall–Kier alpha value is -0.420. The smallest absolute Gasteiger partial charge is 0.264 e. The average Bonchev–Trinajstić information content (AvgIpc) is 3.04. The molecule has 0 aliphatic heterocycles. The summed E-state index contributed by atoms with van der Waals surface area (Å²) in [5.41, 5.74) is 0.431. The molecule has 1 N–H and O–H groups in total. The number of fused-ring (bicyclic) bond motifs is 5.